The second-order valence-corrected chi connectivity index (χ2v) is 6.36. The van der Waals surface area contributed by atoms with E-state index >= 15 is 0 Å². The maximum absolute atomic E-state index is 9.95. The van der Waals surface area contributed by atoms with Crippen LogP contribution in [0.25, 0.3) is 11.7 Å². The normalized spacial score (nSPS) is 12.4. The van der Waals surface area contributed by atoms with Gasteiger partial charge in [0.25, 0.3) is 11.1 Å². The molecule has 6 nitrogen and oxygen atoms in total. The lowest BCUT2D eigenvalue weighted by molar-refractivity contribution is 0.0397. The van der Waals surface area contributed by atoms with Gasteiger partial charge in [-0.25, -0.2) is 0 Å². The second kappa shape index (κ2) is 8.34. The van der Waals surface area contributed by atoms with Gasteiger partial charge < -0.3 is 18.7 Å². The average Bonchev–Trinajstić information content (AvgIpc) is 3.26. The summed E-state index contributed by atoms with van der Waals surface area (Å²) in [4.78, 5) is 0. The molecule has 0 amide bonds. The molecule has 24 heavy (non-hydrogen) atoms. The summed E-state index contributed by atoms with van der Waals surface area (Å²) in [5.41, 5.74) is 0.999. The Morgan fingerprint density at radius 3 is 2.79 bits per heavy atom. The fourth-order valence-electron chi connectivity index (χ4n) is 1.88. The summed E-state index contributed by atoms with van der Waals surface area (Å²) in [6.45, 7) is 0.636. The van der Waals surface area contributed by atoms with Gasteiger partial charge in [0.15, 0.2) is 5.76 Å². The molecule has 1 atom stereocenters. The van der Waals surface area contributed by atoms with Crippen molar-refractivity contribution in [2.75, 3.05) is 12.4 Å². The van der Waals surface area contributed by atoms with Crippen molar-refractivity contribution in [3.05, 3.63) is 53.2 Å². The van der Waals surface area contributed by atoms with Crippen molar-refractivity contribution in [1.82, 2.24) is 10.2 Å². The fraction of sp³-hybridized carbons (Fsp3) is 0.250. The number of benzene rings is 1. The van der Waals surface area contributed by atoms with Crippen LogP contribution in [-0.2, 0) is 11.3 Å². The van der Waals surface area contributed by atoms with Crippen LogP contribution in [0.2, 0.25) is 5.02 Å². The topological polar surface area (TPSA) is 81.5 Å². The van der Waals surface area contributed by atoms with E-state index in [-0.39, 0.29) is 6.61 Å². The molecule has 0 aliphatic carbocycles. The predicted molar refractivity (Wildman–Crippen MR) is 89.8 cm³/mol. The molecule has 8 heteroatoms. The van der Waals surface area contributed by atoms with Gasteiger partial charge in [-0.3, -0.25) is 0 Å². The molecule has 0 fully saturated rings. The maximum atomic E-state index is 9.95. The van der Waals surface area contributed by atoms with E-state index in [0.717, 1.165) is 5.56 Å². The molecule has 1 aromatic carbocycles. The number of rotatable bonds is 8. The van der Waals surface area contributed by atoms with Crippen molar-refractivity contribution < 1.29 is 18.7 Å². The van der Waals surface area contributed by atoms with Crippen molar-refractivity contribution in [3.8, 4) is 11.7 Å². The second-order valence-electron chi connectivity index (χ2n) is 4.96. The zero-order valence-electron chi connectivity index (χ0n) is 12.6. The Morgan fingerprint density at radius 2 is 2.04 bits per heavy atom. The van der Waals surface area contributed by atoms with Crippen molar-refractivity contribution in [2.24, 2.45) is 0 Å². The molecule has 0 saturated heterocycles. The highest BCUT2D eigenvalue weighted by Gasteiger charge is 2.13. The van der Waals surface area contributed by atoms with Gasteiger partial charge in [-0.1, -0.05) is 35.5 Å². The third-order valence-corrected chi connectivity index (χ3v) is 4.25. The highest BCUT2D eigenvalue weighted by Crippen LogP contribution is 2.23. The van der Waals surface area contributed by atoms with Crippen LogP contribution in [0.1, 0.15) is 5.56 Å². The molecule has 0 radical (unpaired) electrons. The molecular weight excluding hydrogens is 352 g/mol. The molecule has 0 aliphatic rings. The van der Waals surface area contributed by atoms with Crippen molar-refractivity contribution in [2.45, 2.75) is 17.9 Å². The third-order valence-electron chi connectivity index (χ3n) is 3.03. The Hall–Kier alpha value is -1.80. The number of aromatic nitrogens is 2. The maximum Gasteiger partial charge on any atom is 0.284 e. The summed E-state index contributed by atoms with van der Waals surface area (Å²) in [5.74, 6) is 1.22. The van der Waals surface area contributed by atoms with E-state index in [9.17, 15) is 5.11 Å². The number of ether oxygens (including phenoxy) is 1. The minimum absolute atomic E-state index is 0.217. The molecule has 3 aromatic rings. The van der Waals surface area contributed by atoms with Crippen LogP contribution in [0.15, 0.2) is 56.7 Å². The smallest absolute Gasteiger partial charge is 0.284 e. The van der Waals surface area contributed by atoms with Crippen LogP contribution in [0.3, 0.4) is 0 Å². The summed E-state index contributed by atoms with van der Waals surface area (Å²) < 4.78 is 16.1. The van der Waals surface area contributed by atoms with Gasteiger partial charge in [-0.15, -0.1) is 10.2 Å². The Labute approximate surface area is 147 Å². The molecule has 0 spiro atoms. The molecule has 126 valence electrons. The van der Waals surface area contributed by atoms with Crippen molar-refractivity contribution in [3.63, 3.8) is 0 Å². The predicted octanol–water partition coefficient (Wildman–Crippen LogP) is 3.65. The number of halogens is 1. The van der Waals surface area contributed by atoms with E-state index in [1.54, 1.807) is 24.3 Å². The Morgan fingerprint density at radius 1 is 1.21 bits per heavy atom. The molecule has 0 aliphatic heterocycles. The third kappa shape index (κ3) is 4.85. The van der Waals surface area contributed by atoms with Crippen LogP contribution >= 0.6 is 23.4 Å². The number of thioether (sulfide) groups is 1. The zero-order valence-corrected chi connectivity index (χ0v) is 14.2. The first kappa shape index (κ1) is 17.0. The molecular formula is C16H15ClN2O4S. The summed E-state index contributed by atoms with van der Waals surface area (Å²) >= 11 is 7.09. The molecule has 3 rings (SSSR count). The van der Waals surface area contributed by atoms with E-state index in [2.05, 4.69) is 10.2 Å². The highest BCUT2D eigenvalue weighted by molar-refractivity contribution is 7.99. The zero-order chi connectivity index (χ0) is 16.8. The van der Waals surface area contributed by atoms with Crippen LogP contribution in [0, 0.1) is 0 Å². The van der Waals surface area contributed by atoms with Crippen molar-refractivity contribution >= 4 is 23.4 Å². The van der Waals surface area contributed by atoms with E-state index in [0.29, 0.717) is 34.3 Å². The lowest BCUT2D eigenvalue weighted by atomic mass is 10.2. The van der Waals surface area contributed by atoms with Gasteiger partial charge in [0.2, 0.25) is 0 Å². The lowest BCUT2D eigenvalue weighted by Gasteiger charge is -2.09. The van der Waals surface area contributed by atoms with Gasteiger partial charge in [0.05, 0.1) is 25.6 Å². The molecule has 2 aromatic heterocycles. The van der Waals surface area contributed by atoms with E-state index < -0.39 is 6.10 Å². The number of furan rings is 1. The van der Waals surface area contributed by atoms with Gasteiger partial charge in [-0.2, -0.15) is 0 Å². The van der Waals surface area contributed by atoms with Crippen LogP contribution in [0.4, 0.5) is 0 Å². The monoisotopic (exact) mass is 366 g/mol. The summed E-state index contributed by atoms with van der Waals surface area (Å²) in [6, 6.07) is 10.9. The van der Waals surface area contributed by atoms with Crippen LogP contribution in [-0.4, -0.2) is 33.8 Å². The number of hydrogen-bond donors (Lipinski definition) is 1. The minimum atomic E-state index is -0.638. The van der Waals surface area contributed by atoms with Crippen molar-refractivity contribution in [1.29, 1.82) is 0 Å². The number of hydrogen-bond acceptors (Lipinski definition) is 7. The SMILES string of the molecule is O[C@@H](COCc1ccc(Cl)cc1)CSc1nnc(-c2ccco2)o1. The quantitative estimate of drug-likeness (QED) is 0.609. The average molecular weight is 367 g/mol. The summed E-state index contributed by atoms with van der Waals surface area (Å²) in [7, 11) is 0. The van der Waals surface area contributed by atoms with E-state index in [1.165, 1.54) is 18.0 Å². The van der Waals surface area contributed by atoms with Gasteiger partial charge in [-0.05, 0) is 29.8 Å². The van der Waals surface area contributed by atoms with Gasteiger partial charge in [0.1, 0.15) is 0 Å². The minimum Gasteiger partial charge on any atom is -0.459 e. The lowest BCUT2D eigenvalue weighted by Crippen LogP contribution is -2.17. The Bertz CT molecular complexity index is 746. The fourth-order valence-corrected chi connectivity index (χ4v) is 2.67. The molecule has 1 N–H and O–H groups in total. The molecule has 0 saturated carbocycles. The highest BCUT2D eigenvalue weighted by atomic mass is 35.5. The van der Waals surface area contributed by atoms with E-state index in [4.69, 9.17) is 25.2 Å². The molecule has 2 heterocycles. The first-order valence-corrected chi connectivity index (χ1v) is 8.57. The molecule has 0 unspecified atom stereocenters. The number of aliphatic hydroxyl groups excluding tert-OH is 1. The summed E-state index contributed by atoms with van der Waals surface area (Å²) in [5, 5.41) is 18.8. The Balaban J connectivity index is 1.39. The first-order valence-electron chi connectivity index (χ1n) is 7.21. The standard InChI is InChI=1S/C16H15ClN2O4S/c17-12-5-3-11(4-6-12)8-21-9-13(20)10-24-16-19-18-15(23-16)14-2-1-7-22-14/h1-7,13,20H,8-10H2/t13-/m0/s1. The van der Waals surface area contributed by atoms with E-state index in [1.807, 2.05) is 12.1 Å². The Kier molecular flexibility index (Phi) is 5.92. The largest absolute Gasteiger partial charge is 0.459 e. The van der Waals surface area contributed by atoms with Crippen LogP contribution in [0.5, 0.6) is 0 Å². The van der Waals surface area contributed by atoms with Gasteiger partial charge in [0, 0.05) is 10.8 Å². The number of nitrogens with zero attached hydrogens (tertiary/aromatic N) is 2. The summed E-state index contributed by atoms with van der Waals surface area (Å²) in [6.07, 6.45) is 0.898. The molecule has 0 bridgehead atoms. The van der Waals surface area contributed by atoms with Crippen LogP contribution < -0.4 is 0 Å². The van der Waals surface area contributed by atoms with Gasteiger partial charge >= 0.3 is 0 Å². The number of aliphatic hydroxyl groups is 1. The first-order chi connectivity index (χ1) is 11.7.